The maximum absolute atomic E-state index is 12.4. The third-order valence-corrected chi connectivity index (χ3v) is 6.14. The highest BCUT2D eigenvalue weighted by atomic mass is 32.2. The summed E-state index contributed by atoms with van der Waals surface area (Å²) in [6.45, 7) is 1.90. The van der Waals surface area contributed by atoms with Gasteiger partial charge < -0.3 is 5.32 Å². The van der Waals surface area contributed by atoms with E-state index in [1.807, 2.05) is 49.4 Å². The van der Waals surface area contributed by atoms with Gasteiger partial charge in [0.2, 0.25) is 10.0 Å². The highest BCUT2D eigenvalue weighted by molar-refractivity contribution is 7.91. The van der Waals surface area contributed by atoms with Crippen LogP contribution >= 0.6 is 11.3 Å². The number of sulfonamides is 1. The van der Waals surface area contributed by atoms with Gasteiger partial charge in [-0.15, -0.1) is 11.3 Å². The molecule has 3 aromatic rings. The number of hydrogen-bond donors (Lipinski definition) is 2. The second kappa shape index (κ2) is 6.35. The van der Waals surface area contributed by atoms with Crippen molar-refractivity contribution >= 4 is 38.0 Å². The smallest absolute Gasteiger partial charge is 0.252 e. The second-order valence-electron chi connectivity index (χ2n) is 5.46. The number of carbonyl (C=O) groups excluding carboxylic acids is 1. The number of fused-ring (bicyclic) bond motifs is 1. The van der Waals surface area contributed by atoms with E-state index < -0.39 is 10.0 Å². The van der Waals surface area contributed by atoms with Crippen molar-refractivity contribution in [2.75, 3.05) is 0 Å². The Labute approximate surface area is 144 Å². The summed E-state index contributed by atoms with van der Waals surface area (Å²) in [7, 11) is -3.79. The maximum atomic E-state index is 12.4. The SMILES string of the molecule is C[C@@H](NC(=O)c1csc(S(N)(=O)=O)c1)c1cccc2ccccc12. The largest absolute Gasteiger partial charge is 0.345 e. The van der Waals surface area contributed by atoms with Gasteiger partial charge in [-0.25, -0.2) is 13.6 Å². The van der Waals surface area contributed by atoms with Crippen LogP contribution in [0.25, 0.3) is 10.8 Å². The Morgan fingerprint density at radius 3 is 2.58 bits per heavy atom. The van der Waals surface area contributed by atoms with Gasteiger partial charge in [0.15, 0.2) is 0 Å². The van der Waals surface area contributed by atoms with E-state index in [9.17, 15) is 13.2 Å². The van der Waals surface area contributed by atoms with E-state index in [1.54, 1.807) is 0 Å². The first-order chi connectivity index (χ1) is 11.4. The van der Waals surface area contributed by atoms with Crippen LogP contribution in [0.4, 0.5) is 0 Å². The zero-order chi connectivity index (χ0) is 17.3. The number of primary sulfonamides is 1. The first kappa shape index (κ1) is 16.6. The molecule has 1 aromatic heterocycles. The molecule has 0 spiro atoms. The monoisotopic (exact) mass is 360 g/mol. The normalized spacial score (nSPS) is 12.9. The van der Waals surface area contributed by atoms with Gasteiger partial charge in [0, 0.05) is 5.38 Å². The Kier molecular flexibility index (Phi) is 4.40. The zero-order valence-electron chi connectivity index (χ0n) is 12.9. The van der Waals surface area contributed by atoms with Crippen LogP contribution in [-0.4, -0.2) is 14.3 Å². The van der Waals surface area contributed by atoms with E-state index in [0.717, 1.165) is 27.7 Å². The van der Waals surface area contributed by atoms with E-state index >= 15 is 0 Å². The van der Waals surface area contributed by atoms with Crippen LogP contribution in [0.5, 0.6) is 0 Å². The van der Waals surface area contributed by atoms with Crippen LogP contribution < -0.4 is 10.5 Å². The van der Waals surface area contributed by atoms with E-state index in [0.29, 0.717) is 0 Å². The molecule has 24 heavy (non-hydrogen) atoms. The summed E-state index contributed by atoms with van der Waals surface area (Å²) in [5.74, 6) is -0.332. The lowest BCUT2D eigenvalue weighted by Gasteiger charge is -2.16. The fourth-order valence-electron chi connectivity index (χ4n) is 2.57. The molecular formula is C17H16N2O3S2. The molecule has 0 radical (unpaired) electrons. The lowest BCUT2D eigenvalue weighted by atomic mass is 9.99. The fraction of sp³-hybridized carbons (Fsp3) is 0.118. The lowest BCUT2D eigenvalue weighted by Crippen LogP contribution is -2.26. The van der Waals surface area contributed by atoms with Crippen LogP contribution in [0, 0.1) is 0 Å². The van der Waals surface area contributed by atoms with E-state index in [2.05, 4.69) is 5.32 Å². The average Bonchev–Trinajstić information content (AvgIpc) is 3.04. The Morgan fingerprint density at radius 1 is 1.17 bits per heavy atom. The van der Waals surface area contributed by atoms with Crippen molar-refractivity contribution in [3.05, 3.63) is 65.0 Å². The Bertz CT molecular complexity index is 1000. The van der Waals surface area contributed by atoms with Crippen LogP contribution in [0.2, 0.25) is 0 Å². The van der Waals surface area contributed by atoms with Gasteiger partial charge in [0.1, 0.15) is 4.21 Å². The Hall–Kier alpha value is -2.22. The van der Waals surface area contributed by atoms with Gasteiger partial charge >= 0.3 is 0 Å². The van der Waals surface area contributed by atoms with Gasteiger partial charge in [0.25, 0.3) is 5.91 Å². The van der Waals surface area contributed by atoms with Crippen LogP contribution in [0.15, 0.2) is 58.1 Å². The molecule has 1 heterocycles. The number of nitrogens with two attached hydrogens (primary N) is 1. The van der Waals surface area contributed by atoms with Gasteiger partial charge in [0.05, 0.1) is 11.6 Å². The van der Waals surface area contributed by atoms with Gasteiger partial charge in [-0.1, -0.05) is 42.5 Å². The molecule has 0 aliphatic heterocycles. The summed E-state index contributed by atoms with van der Waals surface area (Å²) < 4.78 is 22.6. The summed E-state index contributed by atoms with van der Waals surface area (Å²) in [6.07, 6.45) is 0. The first-order valence-electron chi connectivity index (χ1n) is 7.26. The summed E-state index contributed by atoms with van der Waals surface area (Å²) >= 11 is 0.936. The average molecular weight is 360 g/mol. The first-order valence-corrected chi connectivity index (χ1v) is 9.69. The number of nitrogens with one attached hydrogen (secondary N) is 1. The Balaban J connectivity index is 1.85. The molecular weight excluding hydrogens is 344 g/mol. The minimum Gasteiger partial charge on any atom is -0.345 e. The zero-order valence-corrected chi connectivity index (χ0v) is 14.5. The van der Waals surface area contributed by atoms with Crippen LogP contribution in [0.1, 0.15) is 28.9 Å². The van der Waals surface area contributed by atoms with Crippen molar-refractivity contribution in [3.63, 3.8) is 0 Å². The molecule has 0 unspecified atom stereocenters. The summed E-state index contributed by atoms with van der Waals surface area (Å²) in [6, 6.07) is 15.0. The molecule has 5 nitrogen and oxygen atoms in total. The number of rotatable bonds is 4. The van der Waals surface area contributed by atoms with Gasteiger partial charge in [-0.3, -0.25) is 4.79 Å². The van der Waals surface area contributed by atoms with E-state index in [-0.39, 0.29) is 21.7 Å². The van der Waals surface area contributed by atoms with Crippen molar-refractivity contribution < 1.29 is 13.2 Å². The standard InChI is InChI=1S/C17H16N2O3S2/c1-11(14-8-4-6-12-5-2-3-7-15(12)14)19-17(20)13-9-16(23-10-13)24(18,21)22/h2-11H,1H3,(H,19,20)(H2,18,21,22)/t11-/m1/s1. The Morgan fingerprint density at radius 2 is 1.88 bits per heavy atom. The number of carbonyl (C=O) groups is 1. The molecule has 0 aliphatic rings. The molecule has 124 valence electrons. The molecule has 0 saturated heterocycles. The molecule has 3 rings (SSSR count). The van der Waals surface area contributed by atoms with Crippen LogP contribution in [0.3, 0.4) is 0 Å². The highest BCUT2D eigenvalue weighted by Crippen LogP contribution is 2.25. The molecule has 3 N–H and O–H groups in total. The molecule has 0 saturated carbocycles. The summed E-state index contributed by atoms with van der Waals surface area (Å²) in [4.78, 5) is 12.4. The highest BCUT2D eigenvalue weighted by Gasteiger charge is 2.18. The third-order valence-electron chi connectivity index (χ3n) is 3.76. The summed E-state index contributed by atoms with van der Waals surface area (Å²) in [5.41, 5.74) is 1.29. The second-order valence-corrected chi connectivity index (χ2v) is 8.16. The molecule has 1 amide bonds. The predicted molar refractivity (Wildman–Crippen MR) is 95.5 cm³/mol. The number of hydrogen-bond acceptors (Lipinski definition) is 4. The number of amides is 1. The number of benzene rings is 2. The minimum atomic E-state index is -3.79. The van der Waals surface area contributed by atoms with E-state index in [4.69, 9.17) is 5.14 Å². The van der Waals surface area contributed by atoms with Crippen molar-refractivity contribution in [2.24, 2.45) is 5.14 Å². The van der Waals surface area contributed by atoms with E-state index in [1.165, 1.54) is 11.4 Å². The fourth-order valence-corrected chi connectivity index (χ4v) is 4.16. The maximum Gasteiger partial charge on any atom is 0.252 e. The molecule has 2 aromatic carbocycles. The van der Waals surface area contributed by atoms with Crippen LogP contribution in [-0.2, 0) is 10.0 Å². The number of thiophene rings is 1. The van der Waals surface area contributed by atoms with Crippen molar-refractivity contribution in [1.29, 1.82) is 0 Å². The quantitative estimate of drug-likeness (QED) is 0.749. The minimum absolute atomic E-state index is 0.0227. The van der Waals surface area contributed by atoms with Crippen molar-refractivity contribution in [1.82, 2.24) is 5.32 Å². The summed E-state index contributed by atoms with van der Waals surface area (Å²) in [5, 5.41) is 11.6. The predicted octanol–water partition coefficient (Wildman–Crippen LogP) is 3.04. The molecule has 1 atom stereocenters. The molecule has 7 heteroatoms. The van der Waals surface area contributed by atoms with Crippen molar-refractivity contribution in [2.45, 2.75) is 17.2 Å². The molecule has 0 aliphatic carbocycles. The molecule has 0 bridgehead atoms. The van der Waals surface area contributed by atoms with Gasteiger partial charge in [-0.05, 0) is 29.3 Å². The third kappa shape index (κ3) is 3.33. The topological polar surface area (TPSA) is 89.3 Å². The van der Waals surface area contributed by atoms with Crippen molar-refractivity contribution in [3.8, 4) is 0 Å². The molecule has 0 fully saturated rings. The lowest BCUT2D eigenvalue weighted by molar-refractivity contribution is 0.0940. The van der Waals surface area contributed by atoms with Gasteiger partial charge in [-0.2, -0.15) is 0 Å².